The van der Waals surface area contributed by atoms with Crippen LogP contribution in [0, 0.1) is 5.41 Å². The Labute approximate surface area is 201 Å². The first-order valence-corrected chi connectivity index (χ1v) is 12.6. The minimum atomic E-state index is -0.605. The van der Waals surface area contributed by atoms with Gasteiger partial charge in [0.25, 0.3) is 0 Å². The van der Waals surface area contributed by atoms with Gasteiger partial charge in [-0.15, -0.1) is 0 Å². The molecule has 1 heterocycles. The maximum atomic E-state index is 13.3. The minimum Gasteiger partial charge on any atom is -0.503 e. The number of rotatable bonds is 7. The summed E-state index contributed by atoms with van der Waals surface area (Å²) in [6, 6.07) is 3.42. The van der Waals surface area contributed by atoms with E-state index in [1.54, 1.807) is 23.9 Å². The third kappa shape index (κ3) is 5.01. The van der Waals surface area contributed by atoms with Gasteiger partial charge in [-0.2, -0.15) is 11.8 Å². The normalized spacial score (nSPS) is 20.1. The largest absolute Gasteiger partial charge is 0.503 e. The van der Waals surface area contributed by atoms with Crippen molar-refractivity contribution in [3.8, 4) is 11.5 Å². The number of methoxy groups -OCH3 is 1. The van der Waals surface area contributed by atoms with Gasteiger partial charge in [-0.3, -0.25) is 4.79 Å². The molecule has 0 bridgehead atoms. The molecule has 1 aliphatic heterocycles. The Morgan fingerprint density at radius 2 is 2.06 bits per heavy atom. The van der Waals surface area contributed by atoms with E-state index in [0.29, 0.717) is 52.1 Å². The van der Waals surface area contributed by atoms with Gasteiger partial charge in [-0.25, -0.2) is 4.79 Å². The SMILES string of the molecule is CCSCCOC(=O)C1=C(C)NC2=C(C(=O)CC(C)(C)C2)[C@H]1c1cc(Br)c(O)c(OC)c1. The van der Waals surface area contributed by atoms with E-state index < -0.39 is 11.9 Å². The predicted molar refractivity (Wildman–Crippen MR) is 130 cm³/mol. The fourth-order valence-electron chi connectivity index (χ4n) is 4.37. The summed E-state index contributed by atoms with van der Waals surface area (Å²) in [4.78, 5) is 26.6. The lowest BCUT2D eigenvalue weighted by atomic mass is 9.68. The first-order chi connectivity index (χ1) is 15.1. The van der Waals surface area contributed by atoms with Crippen molar-refractivity contribution in [2.75, 3.05) is 25.2 Å². The van der Waals surface area contributed by atoms with E-state index >= 15 is 0 Å². The molecule has 1 atom stereocenters. The van der Waals surface area contributed by atoms with Gasteiger partial charge in [-0.05, 0) is 58.1 Å². The number of benzene rings is 1. The lowest BCUT2D eigenvalue weighted by molar-refractivity contribution is -0.138. The van der Waals surface area contributed by atoms with Gasteiger partial charge in [0, 0.05) is 35.1 Å². The van der Waals surface area contributed by atoms with E-state index in [2.05, 4.69) is 42.0 Å². The molecular weight excluding hydrogens is 494 g/mol. The molecule has 8 heteroatoms. The molecule has 1 aromatic carbocycles. The number of phenols is 1. The number of carbonyl (C=O) groups is 2. The van der Waals surface area contributed by atoms with Crippen molar-refractivity contribution in [1.82, 2.24) is 5.32 Å². The smallest absolute Gasteiger partial charge is 0.336 e. The summed E-state index contributed by atoms with van der Waals surface area (Å²) in [5, 5.41) is 13.6. The lowest BCUT2D eigenvalue weighted by Crippen LogP contribution is -2.38. The van der Waals surface area contributed by atoms with Crippen molar-refractivity contribution in [3.63, 3.8) is 0 Å². The second-order valence-corrected chi connectivity index (χ2v) is 11.1. The zero-order valence-corrected chi connectivity index (χ0v) is 21.5. The van der Waals surface area contributed by atoms with Crippen molar-refractivity contribution in [1.29, 1.82) is 0 Å². The fraction of sp³-hybridized carbons (Fsp3) is 0.500. The molecular formula is C24H30BrNO5S. The van der Waals surface area contributed by atoms with Crippen LogP contribution in [0.5, 0.6) is 11.5 Å². The van der Waals surface area contributed by atoms with Gasteiger partial charge in [0.1, 0.15) is 6.61 Å². The van der Waals surface area contributed by atoms with Crippen molar-refractivity contribution in [3.05, 3.63) is 44.7 Å². The number of phenolic OH excluding ortho intramolecular Hbond substituents is 1. The summed E-state index contributed by atoms with van der Waals surface area (Å²) in [7, 11) is 1.47. The Balaban J connectivity index is 2.12. The first-order valence-electron chi connectivity index (χ1n) is 10.6. The summed E-state index contributed by atoms with van der Waals surface area (Å²) in [6.45, 7) is 8.34. The van der Waals surface area contributed by atoms with Gasteiger partial charge in [0.15, 0.2) is 17.3 Å². The molecule has 0 spiro atoms. The number of esters is 1. The van der Waals surface area contributed by atoms with E-state index in [-0.39, 0.29) is 22.7 Å². The van der Waals surface area contributed by atoms with Crippen molar-refractivity contribution in [2.45, 2.75) is 46.5 Å². The number of ketones is 1. The van der Waals surface area contributed by atoms with Crippen LogP contribution in [0.2, 0.25) is 0 Å². The molecule has 0 amide bonds. The molecule has 0 radical (unpaired) electrons. The van der Waals surface area contributed by atoms with Crippen molar-refractivity contribution in [2.24, 2.45) is 5.41 Å². The number of dihydropyridines is 1. The summed E-state index contributed by atoms with van der Waals surface area (Å²) in [6.07, 6.45) is 1.10. The quantitative estimate of drug-likeness (QED) is 0.381. The first kappa shape index (κ1) is 24.7. The number of carbonyl (C=O) groups excluding carboxylic acids is 2. The lowest BCUT2D eigenvalue weighted by Gasteiger charge is -2.39. The number of halogens is 1. The molecule has 0 saturated carbocycles. The zero-order chi connectivity index (χ0) is 23.6. The molecule has 0 unspecified atom stereocenters. The number of ether oxygens (including phenoxy) is 2. The van der Waals surface area contributed by atoms with Gasteiger partial charge in [0.05, 0.1) is 17.2 Å². The molecule has 0 fully saturated rings. The Morgan fingerprint density at radius 3 is 2.72 bits per heavy atom. The van der Waals surface area contributed by atoms with E-state index in [0.717, 1.165) is 11.4 Å². The highest BCUT2D eigenvalue weighted by Crippen LogP contribution is 2.48. The molecule has 6 nitrogen and oxygen atoms in total. The summed E-state index contributed by atoms with van der Waals surface area (Å²) < 4.78 is 11.4. The zero-order valence-electron chi connectivity index (χ0n) is 19.1. The molecule has 32 heavy (non-hydrogen) atoms. The Kier molecular flexibility index (Phi) is 7.65. The number of thioether (sulfide) groups is 1. The maximum Gasteiger partial charge on any atom is 0.336 e. The van der Waals surface area contributed by atoms with Crippen LogP contribution in [0.1, 0.15) is 52.0 Å². The van der Waals surface area contributed by atoms with E-state index in [1.165, 1.54) is 7.11 Å². The third-order valence-corrected chi connectivity index (χ3v) is 7.20. The highest BCUT2D eigenvalue weighted by atomic mass is 79.9. The topological polar surface area (TPSA) is 84.9 Å². The van der Waals surface area contributed by atoms with Crippen LogP contribution in [-0.2, 0) is 14.3 Å². The average Bonchev–Trinajstić information content (AvgIpc) is 2.71. The van der Waals surface area contributed by atoms with Crippen LogP contribution >= 0.6 is 27.7 Å². The molecule has 0 aromatic heterocycles. The van der Waals surface area contributed by atoms with Crippen LogP contribution in [-0.4, -0.2) is 42.1 Å². The molecule has 1 aliphatic carbocycles. The predicted octanol–water partition coefficient (Wildman–Crippen LogP) is 5.06. The monoisotopic (exact) mass is 523 g/mol. The van der Waals surface area contributed by atoms with Crippen molar-refractivity contribution < 1.29 is 24.2 Å². The van der Waals surface area contributed by atoms with Crippen LogP contribution in [0.15, 0.2) is 39.1 Å². The van der Waals surface area contributed by atoms with Gasteiger partial charge >= 0.3 is 5.97 Å². The van der Waals surface area contributed by atoms with Crippen LogP contribution in [0.3, 0.4) is 0 Å². The summed E-state index contributed by atoms with van der Waals surface area (Å²) >= 11 is 5.07. The van der Waals surface area contributed by atoms with Gasteiger partial charge < -0.3 is 19.9 Å². The molecule has 1 aromatic rings. The Hall–Kier alpha value is -1.93. The molecule has 2 aliphatic rings. The van der Waals surface area contributed by atoms with E-state index in [9.17, 15) is 14.7 Å². The number of hydrogen-bond donors (Lipinski definition) is 2. The van der Waals surface area contributed by atoms with Crippen LogP contribution in [0.4, 0.5) is 0 Å². The average molecular weight is 524 g/mol. The second kappa shape index (κ2) is 9.91. The van der Waals surface area contributed by atoms with Crippen LogP contribution < -0.4 is 10.1 Å². The highest BCUT2D eigenvalue weighted by molar-refractivity contribution is 9.10. The third-order valence-electron chi connectivity index (χ3n) is 5.73. The van der Waals surface area contributed by atoms with Gasteiger partial charge in [-0.1, -0.05) is 20.8 Å². The molecule has 0 saturated heterocycles. The second-order valence-electron chi connectivity index (χ2n) is 8.82. The molecule has 174 valence electrons. The van der Waals surface area contributed by atoms with Crippen LogP contribution in [0.25, 0.3) is 0 Å². The number of Topliss-reactive ketones (excluding diaryl/α,β-unsaturated/α-hetero) is 1. The van der Waals surface area contributed by atoms with E-state index in [4.69, 9.17) is 9.47 Å². The fourth-order valence-corrected chi connectivity index (χ4v) is 5.32. The molecule has 2 N–H and O–H groups in total. The highest BCUT2D eigenvalue weighted by Gasteiger charge is 2.43. The maximum absolute atomic E-state index is 13.3. The number of aromatic hydroxyl groups is 1. The number of nitrogens with one attached hydrogen (secondary N) is 1. The van der Waals surface area contributed by atoms with Crippen molar-refractivity contribution >= 4 is 39.4 Å². The standard InChI is InChI=1S/C24H30BrNO5S/c1-6-32-8-7-31-23(29)19-13(2)26-16-11-24(3,4)12-17(27)21(16)20(19)14-9-15(25)22(28)18(10-14)30-5/h9-10,20,26,28H,6-8,11-12H2,1-5H3/t20-/m0/s1. The van der Waals surface area contributed by atoms with Gasteiger partial charge in [0.2, 0.25) is 0 Å². The van der Waals surface area contributed by atoms with E-state index in [1.807, 2.05) is 6.92 Å². The number of hydrogen-bond acceptors (Lipinski definition) is 7. The number of allylic oxidation sites excluding steroid dienone is 3. The molecule has 3 rings (SSSR count). The Bertz CT molecular complexity index is 998. The summed E-state index contributed by atoms with van der Waals surface area (Å²) in [5.74, 6) is 0.866. The minimum absolute atomic E-state index is 0.0104. The summed E-state index contributed by atoms with van der Waals surface area (Å²) in [5.41, 5.74) is 3.03. The Morgan fingerprint density at radius 1 is 1.34 bits per heavy atom.